The minimum absolute atomic E-state index is 0.495. The molecule has 0 aliphatic rings. The van der Waals surface area contributed by atoms with Crippen molar-refractivity contribution in [3.05, 3.63) is 42.2 Å². The quantitative estimate of drug-likeness (QED) is 0.621. The summed E-state index contributed by atoms with van der Waals surface area (Å²) in [5, 5.41) is 4.14. The van der Waals surface area contributed by atoms with Gasteiger partial charge in [-0.3, -0.25) is 0 Å². The van der Waals surface area contributed by atoms with Crippen LogP contribution in [0.5, 0.6) is 0 Å². The van der Waals surface area contributed by atoms with Gasteiger partial charge in [-0.25, -0.2) is 9.67 Å². The molecule has 0 radical (unpaired) electrons. The van der Waals surface area contributed by atoms with Crippen molar-refractivity contribution in [2.24, 2.45) is 0 Å². The smallest absolute Gasteiger partial charge is 0.214 e. The molecule has 2 heterocycles. The first kappa shape index (κ1) is 7.91. The first-order valence-corrected chi connectivity index (χ1v) is 3.90. The van der Waals surface area contributed by atoms with Crippen LogP contribution in [0.1, 0.15) is 5.69 Å². The van der Waals surface area contributed by atoms with E-state index in [1.54, 1.807) is 16.9 Å². The fourth-order valence-electron chi connectivity index (χ4n) is 1.09. The largest absolute Gasteiger partial charge is 0.241 e. The van der Waals surface area contributed by atoms with E-state index in [9.17, 15) is 4.39 Å². The predicted octanol–water partition coefficient (Wildman–Crippen LogP) is 1.71. The third-order valence-electron chi connectivity index (χ3n) is 1.70. The average molecular weight is 177 g/mol. The molecule has 0 unspecified atom stereocenters. The summed E-state index contributed by atoms with van der Waals surface area (Å²) in [6.45, 7) is 1.88. The van der Waals surface area contributed by atoms with E-state index >= 15 is 0 Å². The number of nitrogens with zero attached hydrogens (tertiary/aromatic N) is 3. The Kier molecular flexibility index (Phi) is 1.81. The molecule has 2 aromatic rings. The number of rotatable bonds is 1. The van der Waals surface area contributed by atoms with E-state index in [1.807, 2.05) is 13.0 Å². The van der Waals surface area contributed by atoms with Crippen LogP contribution in [-0.4, -0.2) is 14.8 Å². The normalized spacial score (nSPS) is 10.3. The van der Waals surface area contributed by atoms with Crippen LogP contribution in [0, 0.1) is 12.9 Å². The first-order valence-electron chi connectivity index (χ1n) is 3.90. The topological polar surface area (TPSA) is 30.7 Å². The van der Waals surface area contributed by atoms with Gasteiger partial charge in [-0.2, -0.15) is 9.49 Å². The SMILES string of the molecule is Cc1ccn(-c2ccnc(F)c2)n1. The highest BCUT2D eigenvalue weighted by Crippen LogP contribution is 2.06. The van der Waals surface area contributed by atoms with Crippen molar-refractivity contribution in [3.8, 4) is 5.69 Å². The summed E-state index contributed by atoms with van der Waals surface area (Å²) in [4.78, 5) is 3.46. The van der Waals surface area contributed by atoms with Gasteiger partial charge in [0.1, 0.15) is 0 Å². The van der Waals surface area contributed by atoms with Crippen LogP contribution < -0.4 is 0 Å². The lowest BCUT2D eigenvalue weighted by Crippen LogP contribution is -1.96. The van der Waals surface area contributed by atoms with Gasteiger partial charge in [0.15, 0.2) is 0 Å². The van der Waals surface area contributed by atoms with Gasteiger partial charge in [-0.05, 0) is 19.1 Å². The second-order valence-corrected chi connectivity index (χ2v) is 2.74. The van der Waals surface area contributed by atoms with Gasteiger partial charge in [-0.1, -0.05) is 0 Å². The van der Waals surface area contributed by atoms with Gasteiger partial charge < -0.3 is 0 Å². The van der Waals surface area contributed by atoms with Crippen LogP contribution in [0.4, 0.5) is 4.39 Å². The Balaban J connectivity index is 2.46. The molecule has 0 aliphatic heterocycles. The average Bonchev–Trinajstić information content (AvgIpc) is 2.52. The molecule has 3 nitrogen and oxygen atoms in total. The highest BCUT2D eigenvalue weighted by Gasteiger charge is 1.99. The van der Waals surface area contributed by atoms with Crippen LogP contribution in [-0.2, 0) is 0 Å². The minimum atomic E-state index is -0.495. The Morgan fingerprint density at radius 3 is 2.85 bits per heavy atom. The number of halogens is 1. The van der Waals surface area contributed by atoms with Crippen molar-refractivity contribution in [2.45, 2.75) is 6.92 Å². The number of hydrogen-bond acceptors (Lipinski definition) is 2. The van der Waals surface area contributed by atoms with Crippen molar-refractivity contribution in [1.29, 1.82) is 0 Å². The van der Waals surface area contributed by atoms with Crippen LogP contribution in [0.15, 0.2) is 30.6 Å². The maximum Gasteiger partial charge on any atom is 0.214 e. The molecule has 0 aromatic carbocycles. The summed E-state index contributed by atoms with van der Waals surface area (Å²) >= 11 is 0. The summed E-state index contributed by atoms with van der Waals surface area (Å²) in [5.74, 6) is -0.495. The molecular weight excluding hydrogens is 169 g/mol. The lowest BCUT2D eigenvalue weighted by Gasteiger charge is -1.99. The maximum atomic E-state index is 12.7. The predicted molar refractivity (Wildman–Crippen MR) is 46.1 cm³/mol. The van der Waals surface area contributed by atoms with Crippen LogP contribution >= 0.6 is 0 Å². The molecule has 13 heavy (non-hydrogen) atoms. The summed E-state index contributed by atoms with van der Waals surface area (Å²) in [6, 6.07) is 4.90. The van der Waals surface area contributed by atoms with Crippen molar-refractivity contribution in [3.63, 3.8) is 0 Å². The minimum Gasteiger partial charge on any atom is -0.241 e. The molecule has 0 bridgehead atoms. The van der Waals surface area contributed by atoms with E-state index in [0.29, 0.717) is 5.69 Å². The van der Waals surface area contributed by atoms with Gasteiger partial charge in [0.05, 0.1) is 11.4 Å². The Hall–Kier alpha value is -1.71. The molecule has 2 aromatic heterocycles. The van der Waals surface area contributed by atoms with E-state index in [-0.39, 0.29) is 0 Å². The molecular formula is C9H8FN3. The van der Waals surface area contributed by atoms with Gasteiger partial charge in [0, 0.05) is 18.5 Å². The Morgan fingerprint density at radius 2 is 2.23 bits per heavy atom. The van der Waals surface area contributed by atoms with Crippen molar-refractivity contribution >= 4 is 0 Å². The van der Waals surface area contributed by atoms with Crippen molar-refractivity contribution in [1.82, 2.24) is 14.8 Å². The van der Waals surface area contributed by atoms with Gasteiger partial charge in [0.25, 0.3) is 0 Å². The first-order chi connectivity index (χ1) is 6.25. The molecule has 4 heteroatoms. The molecule has 0 spiro atoms. The molecule has 0 saturated carbocycles. The standard InChI is InChI=1S/C9H8FN3/c1-7-3-5-13(12-7)8-2-4-11-9(10)6-8/h2-6H,1H3. The molecule has 66 valence electrons. The second kappa shape index (κ2) is 2.97. The number of pyridine rings is 1. The van der Waals surface area contributed by atoms with E-state index in [4.69, 9.17) is 0 Å². The number of aryl methyl sites for hydroxylation is 1. The summed E-state index contributed by atoms with van der Waals surface area (Å²) in [7, 11) is 0. The van der Waals surface area contributed by atoms with Crippen LogP contribution in [0.25, 0.3) is 5.69 Å². The third kappa shape index (κ3) is 1.56. The van der Waals surface area contributed by atoms with Crippen molar-refractivity contribution in [2.75, 3.05) is 0 Å². The highest BCUT2D eigenvalue weighted by molar-refractivity contribution is 5.28. The molecule has 0 fully saturated rings. The molecule has 0 N–H and O–H groups in total. The van der Waals surface area contributed by atoms with Crippen LogP contribution in [0.3, 0.4) is 0 Å². The van der Waals surface area contributed by atoms with Gasteiger partial charge in [0.2, 0.25) is 5.95 Å². The molecule has 0 saturated heterocycles. The maximum absolute atomic E-state index is 12.7. The van der Waals surface area contributed by atoms with Gasteiger partial charge in [-0.15, -0.1) is 0 Å². The molecule has 0 atom stereocenters. The lowest BCUT2D eigenvalue weighted by atomic mass is 10.4. The summed E-state index contributed by atoms with van der Waals surface area (Å²) in [6.07, 6.45) is 3.20. The summed E-state index contributed by atoms with van der Waals surface area (Å²) < 4.78 is 14.3. The number of aromatic nitrogens is 3. The van der Waals surface area contributed by atoms with E-state index in [1.165, 1.54) is 12.3 Å². The molecule has 0 aliphatic carbocycles. The zero-order valence-electron chi connectivity index (χ0n) is 7.11. The summed E-state index contributed by atoms with van der Waals surface area (Å²) in [5.41, 5.74) is 1.58. The zero-order valence-corrected chi connectivity index (χ0v) is 7.11. The van der Waals surface area contributed by atoms with E-state index in [2.05, 4.69) is 10.1 Å². The molecule has 2 rings (SSSR count). The van der Waals surface area contributed by atoms with Gasteiger partial charge >= 0.3 is 0 Å². The lowest BCUT2D eigenvalue weighted by molar-refractivity contribution is 0.581. The fraction of sp³-hybridized carbons (Fsp3) is 0.111. The van der Waals surface area contributed by atoms with E-state index in [0.717, 1.165) is 5.69 Å². The Labute approximate surface area is 74.8 Å². The monoisotopic (exact) mass is 177 g/mol. The highest BCUT2D eigenvalue weighted by atomic mass is 19.1. The molecule has 0 amide bonds. The Morgan fingerprint density at radius 1 is 1.38 bits per heavy atom. The Bertz CT molecular complexity index is 422. The number of hydrogen-bond donors (Lipinski definition) is 0. The second-order valence-electron chi connectivity index (χ2n) is 2.74. The zero-order chi connectivity index (χ0) is 9.26. The fourth-order valence-corrected chi connectivity index (χ4v) is 1.09. The van der Waals surface area contributed by atoms with E-state index < -0.39 is 5.95 Å². The van der Waals surface area contributed by atoms with Crippen LogP contribution in [0.2, 0.25) is 0 Å². The van der Waals surface area contributed by atoms with Crippen molar-refractivity contribution < 1.29 is 4.39 Å². The third-order valence-corrected chi connectivity index (χ3v) is 1.70.